The van der Waals surface area contributed by atoms with E-state index in [9.17, 15) is 10.2 Å². The Balaban J connectivity index is 2.87. The lowest BCUT2D eigenvalue weighted by molar-refractivity contribution is 0.0201. The van der Waals surface area contributed by atoms with Gasteiger partial charge in [0.2, 0.25) is 0 Å². The molecule has 0 spiro atoms. The Morgan fingerprint density at radius 2 is 2.06 bits per heavy atom. The Morgan fingerprint density at radius 3 is 2.62 bits per heavy atom. The fourth-order valence-corrected chi connectivity index (χ4v) is 1.81. The lowest BCUT2D eigenvalue weighted by Crippen LogP contribution is -2.29. The second-order valence-corrected chi connectivity index (χ2v) is 4.43. The first-order valence-corrected chi connectivity index (χ1v) is 5.79. The third-order valence-electron chi connectivity index (χ3n) is 2.36. The van der Waals surface area contributed by atoms with Gasteiger partial charge in [0.05, 0.1) is 12.7 Å². The molecule has 0 bridgehead atoms. The van der Waals surface area contributed by atoms with Crippen molar-refractivity contribution in [3.05, 3.63) is 33.8 Å². The highest BCUT2D eigenvalue weighted by molar-refractivity contribution is 9.10. The summed E-state index contributed by atoms with van der Waals surface area (Å²) in [4.78, 5) is 0. The molecule has 2 unspecified atom stereocenters. The molecular weight excluding hydrogens is 274 g/mol. The van der Waals surface area contributed by atoms with Crippen molar-refractivity contribution in [2.45, 2.75) is 18.8 Å². The summed E-state index contributed by atoms with van der Waals surface area (Å²) in [6.45, 7) is 0.203. The molecule has 0 aliphatic carbocycles. The van der Waals surface area contributed by atoms with Gasteiger partial charge < -0.3 is 20.6 Å². The summed E-state index contributed by atoms with van der Waals surface area (Å²) in [5.41, 5.74) is 1.28. The maximum absolute atomic E-state index is 9.84. The Labute approximate surface area is 103 Å². The van der Waals surface area contributed by atoms with Crippen LogP contribution in [0, 0.1) is 0 Å². The van der Waals surface area contributed by atoms with Gasteiger partial charge in [0.25, 0.3) is 0 Å². The van der Waals surface area contributed by atoms with Crippen molar-refractivity contribution in [2.24, 2.45) is 0 Å². The van der Waals surface area contributed by atoms with Crippen LogP contribution in [0.2, 0.25) is 0 Å². The van der Waals surface area contributed by atoms with E-state index < -0.39 is 12.2 Å². The van der Waals surface area contributed by atoms with E-state index in [-0.39, 0.29) is 6.61 Å². The van der Waals surface area contributed by atoms with Crippen LogP contribution in [-0.4, -0.2) is 35.0 Å². The van der Waals surface area contributed by atoms with Gasteiger partial charge in [0.1, 0.15) is 6.10 Å². The number of halogens is 1. The zero-order valence-corrected chi connectivity index (χ0v) is 10.6. The molecule has 0 saturated carbocycles. The fourth-order valence-electron chi connectivity index (χ4n) is 1.44. The Morgan fingerprint density at radius 1 is 1.38 bits per heavy atom. The molecule has 0 aromatic heterocycles. The van der Waals surface area contributed by atoms with E-state index in [1.807, 2.05) is 0 Å². The van der Waals surface area contributed by atoms with Crippen LogP contribution in [-0.2, 0) is 6.61 Å². The summed E-state index contributed by atoms with van der Waals surface area (Å²) >= 11 is 3.29. The quantitative estimate of drug-likeness (QED) is 0.639. The molecule has 0 aliphatic rings. The number of rotatable bonds is 5. The third-order valence-corrected chi connectivity index (χ3v) is 3.13. The molecule has 1 rings (SSSR count). The predicted octanol–water partition coefficient (Wildman–Crippen LogP) is 0.555. The van der Waals surface area contributed by atoms with Gasteiger partial charge in [0.15, 0.2) is 0 Å². The van der Waals surface area contributed by atoms with E-state index >= 15 is 0 Å². The molecule has 0 heterocycles. The van der Waals surface area contributed by atoms with Crippen LogP contribution >= 0.6 is 15.9 Å². The maximum atomic E-state index is 9.84. The number of benzene rings is 1. The smallest absolute Gasteiger partial charge is 0.106 e. The number of hydrogen-bond acceptors (Lipinski definition) is 4. The highest BCUT2D eigenvalue weighted by atomic mass is 79.9. The van der Waals surface area contributed by atoms with E-state index in [1.54, 1.807) is 25.2 Å². The molecule has 0 radical (unpaired) electrons. The SMILES string of the molecule is CNCC(O)C(O)c1ccc(Br)c(CO)c1. The summed E-state index contributed by atoms with van der Waals surface area (Å²) in [5.74, 6) is 0. The van der Waals surface area contributed by atoms with Gasteiger partial charge in [-0.1, -0.05) is 22.0 Å². The van der Waals surface area contributed by atoms with Crippen molar-refractivity contribution in [2.75, 3.05) is 13.6 Å². The first-order valence-electron chi connectivity index (χ1n) is 5.00. The van der Waals surface area contributed by atoms with E-state index in [2.05, 4.69) is 21.2 Å². The van der Waals surface area contributed by atoms with Crippen molar-refractivity contribution in [1.29, 1.82) is 0 Å². The number of aliphatic hydroxyl groups is 3. The molecule has 2 atom stereocenters. The summed E-state index contributed by atoms with van der Waals surface area (Å²) < 4.78 is 0.786. The minimum Gasteiger partial charge on any atom is -0.392 e. The van der Waals surface area contributed by atoms with Crippen LogP contribution in [0.1, 0.15) is 17.2 Å². The van der Waals surface area contributed by atoms with Crippen LogP contribution < -0.4 is 5.32 Å². The zero-order chi connectivity index (χ0) is 12.1. The molecule has 1 aromatic carbocycles. The van der Waals surface area contributed by atoms with Crippen molar-refractivity contribution in [3.63, 3.8) is 0 Å². The maximum Gasteiger partial charge on any atom is 0.106 e. The number of likely N-dealkylation sites (N-methyl/N-ethyl adjacent to an activating group) is 1. The number of nitrogens with one attached hydrogen (secondary N) is 1. The van der Waals surface area contributed by atoms with Gasteiger partial charge >= 0.3 is 0 Å². The lowest BCUT2D eigenvalue weighted by Gasteiger charge is -2.18. The largest absolute Gasteiger partial charge is 0.392 e. The normalized spacial score (nSPS) is 14.8. The molecule has 0 fully saturated rings. The molecule has 90 valence electrons. The first kappa shape index (κ1) is 13.6. The molecule has 0 aliphatic heterocycles. The minimum absolute atomic E-state index is 0.108. The zero-order valence-electron chi connectivity index (χ0n) is 9.02. The van der Waals surface area contributed by atoms with Gasteiger partial charge in [-0.15, -0.1) is 0 Å². The number of aliphatic hydroxyl groups excluding tert-OH is 3. The Bertz CT molecular complexity index is 346. The molecule has 4 nitrogen and oxygen atoms in total. The highest BCUT2D eigenvalue weighted by Gasteiger charge is 2.18. The average Bonchev–Trinajstić information content (AvgIpc) is 2.29. The van der Waals surface area contributed by atoms with E-state index in [0.29, 0.717) is 17.7 Å². The van der Waals surface area contributed by atoms with Crippen molar-refractivity contribution in [1.82, 2.24) is 5.32 Å². The summed E-state index contributed by atoms with van der Waals surface area (Å²) in [6, 6.07) is 5.14. The molecule has 0 saturated heterocycles. The second-order valence-electron chi connectivity index (χ2n) is 3.58. The Hall–Kier alpha value is -0.460. The van der Waals surface area contributed by atoms with Crippen LogP contribution in [0.4, 0.5) is 0 Å². The van der Waals surface area contributed by atoms with Crippen molar-refractivity contribution >= 4 is 15.9 Å². The summed E-state index contributed by atoms with van der Waals surface area (Å²) in [7, 11) is 1.71. The summed E-state index contributed by atoms with van der Waals surface area (Å²) in [6.07, 6.45) is -1.82. The van der Waals surface area contributed by atoms with Gasteiger partial charge in [0, 0.05) is 11.0 Å². The molecule has 0 amide bonds. The van der Waals surface area contributed by atoms with Gasteiger partial charge in [-0.25, -0.2) is 0 Å². The third kappa shape index (κ3) is 3.26. The van der Waals surface area contributed by atoms with Crippen LogP contribution in [0.3, 0.4) is 0 Å². The molecule has 16 heavy (non-hydrogen) atoms. The molecule has 1 aromatic rings. The van der Waals surface area contributed by atoms with Gasteiger partial charge in [-0.05, 0) is 30.3 Å². The predicted molar refractivity (Wildman–Crippen MR) is 65.0 cm³/mol. The Kier molecular flexibility index (Phi) is 5.37. The second kappa shape index (κ2) is 6.32. The number of hydrogen-bond donors (Lipinski definition) is 4. The topological polar surface area (TPSA) is 72.7 Å². The standard InChI is InChI=1S/C11H16BrNO3/c1-13-5-10(15)11(16)7-2-3-9(12)8(4-7)6-14/h2-4,10-11,13-16H,5-6H2,1H3. The van der Waals surface area contributed by atoms with Gasteiger partial charge in [-0.3, -0.25) is 0 Å². The molecular formula is C11H16BrNO3. The molecule has 4 N–H and O–H groups in total. The van der Waals surface area contributed by atoms with E-state index in [4.69, 9.17) is 5.11 Å². The highest BCUT2D eigenvalue weighted by Crippen LogP contribution is 2.23. The van der Waals surface area contributed by atoms with E-state index in [0.717, 1.165) is 4.47 Å². The van der Waals surface area contributed by atoms with Crippen molar-refractivity contribution in [3.8, 4) is 0 Å². The van der Waals surface area contributed by atoms with E-state index in [1.165, 1.54) is 0 Å². The minimum atomic E-state index is -0.953. The van der Waals surface area contributed by atoms with Crippen LogP contribution in [0.5, 0.6) is 0 Å². The monoisotopic (exact) mass is 289 g/mol. The van der Waals surface area contributed by atoms with Gasteiger partial charge in [-0.2, -0.15) is 0 Å². The fraction of sp³-hybridized carbons (Fsp3) is 0.455. The first-order chi connectivity index (χ1) is 7.60. The lowest BCUT2D eigenvalue weighted by atomic mass is 10.0. The van der Waals surface area contributed by atoms with Crippen molar-refractivity contribution < 1.29 is 15.3 Å². The van der Waals surface area contributed by atoms with Crippen LogP contribution in [0.25, 0.3) is 0 Å². The summed E-state index contributed by atoms with van der Waals surface area (Å²) in [5, 5.41) is 31.3. The average molecular weight is 290 g/mol. The molecule has 5 heteroatoms. The van der Waals surface area contributed by atoms with Crippen LogP contribution in [0.15, 0.2) is 22.7 Å².